The summed E-state index contributed by atoms with van der Waals surface area (Å²) >= 11 is 0. The molecule has 6 nitrogen and oxygen atoms in total. The predicted octanol–water partition coefficient (Wildman–Crippen LogP) is 1.08. The van der Waals surface area contributed by atoms with E-state index in [1.165, 1.54) is 23.1 Å². The summed E-state index contributed by atoms with van der Waals surface area (Å²) in [5, 5.41) is 15.2. The average Bonchev–Trinajstić information content (AvgIpc) is 2.69. The molecule has 2 aromatic rings. The van der Waals surface area contributed by atoms with Gasteiger partial charge in [0.05, 0.1) is 0 Å². The number of amides is 1. The molecule has 0 saturated heterocycles. The minimum absolute atomic E-state index is 0.108. The number of nitrogens with one attached hydrogen (secondary N) is 1. The molecule has 0 atom stereocenters. The fourth-order valence-corrected chi connectivity index (χ4v) is 1.39. The number of carbonyl (C=O) groups excluding carboxylic acids is 1. The fourth-order valence-electron chi connectivity index (χ4n) is 1.39. The van der Waals surface area contributed by atoms with Crippen molar-refractivity contribution in [1.29, 1.82) is 5.26 Å². The quantitative estimate of drug-likeness (QED) is 0.802. The molecular weight excluding hydrogens is 237 g/mol. The highest BCUT2D eigenvalue weighted by atomic mass is 19.1. The number of nitrogens with zero attached hydrogens (tertiary/aromatic N) is 4. The fraction of sp³-hybridized carbons (Fsp3) is 0.0909. The van der Waals surface area contributed by atoms with Gasteiger partial charge in [0, 0.05) is 31.1 Å². The van der Waals surface area contributed by atoms with Crippen molar-refractivity contribution in [2.45, 2.75) is 0 Å². The molecule has 0 fully saturated rings. The first-order chi connectivity index (χ1) is 8.60. The van der Waals surface area contributed by atoms with Crippen LogP contribution in [0.3, 0.4) is 0 Å². The second-order valence-corrected chi connectivity index (χ2v) is 3.50. The van der Waals surface area contributed by atoms with Crippen molar-refractivity contribution < 1.29 is 9.18 Å². The highest BCUT2D eigenvalue weighted by molar-refractivity contribution is 6.04. The summed E-state index contributed by atoms with van der Waals surface area (Å²) in [6, 6.07) is 4.27. The summed E-state index contributed by atoms with van der Waals surface area (Å²) in [5.41, 5.74) is 0.345. The first-order valence-corrected chi connectivity index (χ1v) is 4.97. The molecule has 2 heterocycles. The molecule has 0 unspecified atom stereocenters. The number of nitriles is 1. The number of carbonyl (C=O) groups is 1. The molecule has 0 radical (unpaired) electrons. The van der Waals surface area contributed by atoms with Gasteiger partial charge in [-0.25, -0.2) is 4.98 Å². The maximum absolute atomic E-state index is 12.9. The molecule has 0 spiro atoms. The third-order valence-corrected chi connectivity index (χ3v) is 2.17. The van der Waals surface area contributed by atoms with Crippen molar-refractivity contribution in [3.63, 3.8) is 0 Å². The van der Waals surface area contributed by atoms with Crippen LogP contribution in [-0.4, -0.2) is 20.7 Å². The van der Waals surface area contributed by atoms with Crippen LogP contribution >= 0.6 is 0 Å². The first-order valence-electron chi connectivity index (χ1n) is 4.97. The second-order valence-electron chi connectivity index (χ2n) is 3.50. The van der Waals surface area contributed by atoms with Gasteiger partial charge in [0.2, 0.25) is 5.95 Å². The molecule has 0 aromatic carbocycles. The van der Waals surface area contributed by atoms with Crippen molar-refractivity contribution in [3.05, 3.63) is 41.6 Å². The number of aryl methyl sites for hydroxylation is 1. The summed E-state index contributed by atoms with van der Waals surface area (Å²) in [5.74, 6) is -1.15. The van der Waals surface area contributed by atoms with Gasteiger partial charge in [-0.3, -0.25) is 9.48 Å². The van der Waals surface area contributed by atoms with Crippen molar-refractivity contribution in [2.24, 2.45) is 7.05 Å². The minimum atomic E-state index is -0.746. The molecular formula is C11H8FN5O. The lowest BCUT2D eigenvalue weighted by Gasteiger charge is -2.01. The lowest BCUT2D eigenvalue weighted by molar-refractivity contribution is 0.102. The molecule has 0 saturated carbocycles. The molecule has 1 N–H and O–H groups in total. The van der Waals surface area contributed by atoms with E-state index in [1.807, 2.05) is 6.07 Å². The average molecular weight is 245 g/mol. The van der Waals surface area contributed by atoms with Gasteiger partial charge in [-0.15, -0.1) is 0 Å². The van der Waals surface area contributed by atoms with Crippen LogP contribution in [0.15, 0.2) is 24.5 Å². The number of hydrogen-bond acceptors (Lipinski definition) is 4. The van der Waals surface area contributed by atoms with E-state index in [1.54, 1.807) is 7.05 Å². The van der Waals surface area contributed by atoms with Gasteiger partial charge in [0.25, 0.3) is 5.91 Å². The molecule has 7 heteroatoms. The Balaban J connectivity index is 2.24. The van der Waals surface area contributed by atoms with Crippen LogP contribution < -0.4 is 5.32 Å². The zero-order valence-corrected chi connectivity index (χ0v) is 9.38. The Morgan fingerprint density at radius 3 is 3.06 bits per heavy atom. The maximum Gasteiger partial charge on any atom is 0.257 e. The standard InChI is InChI=1S/C11H8FN5O/c1-17-6-8(5-13)10(16-17)15-11(18)7-2-3-14-9(12)4-7/h2-4,6H,1H3,(H,15,16,18). The van der Waals surface area contributed by atoms with Crippen LogP contribution in [0, 0.1) is 17.3 Å². The van der Waals surface area contributed by atoms with Gasteiger partial charge in [-0.05, 0) is 6.07 Å². The van der Waals surface area contributed by atoms with Crippen molar-refractivity contribution in [1.82, 2.24) is 14.8 Å². The molecule has 0 aliphatic carbocycles. The normalized spacial score (nSPS) is 9.83. The van der Waals surface area contributed by atoms with Crippen LogP contribution in [0.2, 0.25) is 0 Å². The molecule has 0 aliphatic rings. The molecule has 0 aliphatic heterocycles. The maximum atomic E-state index is 12.9. The number of anilines is 1. The summed E-state index contributed by atoms with van der Waals surface area (Å²) < 4.78 is 14.3. The smallest absolute Gasteiger partial charge is 0.257 e. The largest absolute Gasteiger partial charge is 0.304 e. The molecule has 18 heavy (non-hydrogen) atoms. The van der Waals surface area contributed by atoms with E-state index in [0.717, 1.165) is 6.07 Å². The van der Waals surface area contributed by atoms with Crippen molar-refractivity contribution in [2.75, 3.05) is 5.32 Å². The van der Waals surface area contributed by atoms with Crippen LogP contribution in [0.4, 0.5) is 10.2 Å². The Kier molecular flexibility index (Phi) is 3.02. The summed E-state index contributed by atoms with van der Waals surface area (Å²) in [6.45, 7) is 0. The van der Waals surface area contributed by atoms with Gasteiger partial charge >= 0.3 is 0 Å². The van der Waals surface area contributed by atoms with Crippen LogP contribution in [-0.2, 0) is 7.05 Å². The third kappa shape index (κ3) is 2.32. The van der Waals surface area contributed by atoms with Crippen LogP contribution in [0.1, 0.15) is 15.9 Å². The van der Waals surface area contributed by atoms with Gasteiger partial charge < -0.3 is 5.32 Å². The minimum Gasteiger partial charge on any atom is -0.304 e. The number of halogens is 1. The zero-order chi connectivity index (χ0) is 13.1. The van der Waals surface area contributed by atoms with E-state index in [0.29, 0.717) is 0 Å². The topological polar surface area (TPSA) is 83.6 Å². The van der Waals surface area contributed by atoms with Gasteiger partial charge in [0.1, 0.15) is 11.6 Å². The second kappa shape index (κ2) is 4.63. The van der Waals surface area contributed by atoms with E-state index in [-0.39, 0.29) is 16.9 Å². The van der Waals surface area contributed by atoms with Gasteiger partial charge in [-0.2, -0.15) is 14.8 Å². The Hall–Kier alpha value is -2.75. The van der Waals surface area contributed by atoms with Gasteiger partial charge in [-0.1, -0.05) is 0 Å². The predicted molar refractivity (Wildman–Crippen MR) is 60.1 cm³/mol. The van der Waals surface area contributed by atoms with Crippen molar-refractivity contribution in [3.8, 4) is 6.07 Å². The van der Waals surface area contributed by atoms with E-state index in [2.05, 4.69) is 15.4 Å². The van der Waals surface area contributed by atoms with Crippen LogP contribution in [0.5, 0.6) is 0 Å². The monoisotopic (exact) mass is 245 g/mol. The van der Waals surface area contributed by atoms with E-state index >= 15 is 0 Å². The lowest BCUT2D eigenvalue weighted by Crippen LogP contribution is -2.13. The molecule has 2 rings (SSSR count). The Labute approximate surface area is 102 Å². The zero-order valence-electron chi connectivity index (χ0n) is 9.38. The summed E-state index contributed by atoms with van der Waals surface area (Å²) in [6.07, 6.45) is 2.66. The van der Waals surface area contributed by atoms with E-state index in [4.69, 9.17) is 5.26 Å². The lowest BCUT2D eigenvalue weighted by atomic mass is 10.2. The Bertz CT molecular complexity index is 643. The van der Waals surface area contributed by atoms with Crippen LogP contribution in [0.25, 0.3) is 0 Å². The molecule has 1 amide bonds. The molecule has 0 bridgehead atoms. The molecule has 2 aromatic heterocycles. The number of hydrogen-bond donors (Lipinski definition) is 1. The number of rotatable bonds is 2. The summed E-state index contributed by atoms with van der Waals surface area (Å²) in [7, 11) is 1.63. The highest BCUT2D eigenvalue weighted by Crippen LogP contribution is 2.12. The Morgan fingerprint density at radius 1 is 1.61 bits per heavy atom. The van der Waals surface area contributed by atoms with E-state index < -0.39 is 11.9 Å². The number of pyridine rings is 1. The summed E-state index contributed by atoms with van der Waals surface area (Å²) in [4.78, 5) is 15.1. The van der Waals surface area contributed by atoms with Crippen molar-refractivity contribution >= 4 is 11.7 Å². The Morgan fingerprint density at radius 2 is 2.39 bits per heavy atom. The van der Waals surface area contributed by atoms with Gasteiger partial charge in [0.15, 0.2) is 5.82 Å². The third-order valence-electron chi connectivity index (χ3n) is 2.17. The number of aromatic nitrogens is 3. The highest BCUT2D eigenvalue weighted by Gasteiger charge is 2.13. The van der Waals surface area contributed by atoms with E-state index in [9.17, 15) is 9.18 Å². The first kappa shape index (κ1) is 11.7. The SMILES string of the molecule is Cn1cc(C#N)c(NC(=O)c2ccnc(F)c2)n1. The molecule has 90 valence electrons.